The van der Waals surface area contributed by atoms with Crippen molar-refractivity contribution in [3.8, 4) is 0 Å². The summed E-state index contributed by atoms with van der Waals surface area (Å²) in [5.74, 6) is 0. The van der Waals surface area contributed by atoms with Gasteiger partial charge in [0, 0.05) is 0 Å². The Labute approximate surface area is 93.3 Å². The van der Waals surface area contributed by atoms with Crippen molar-refractivity contribution in [2.45, 2.75) is 39.5 Å². The highest BCUT2D eigenvalue weighted by Crippen LogP contribution is 2.22. The molecule has 1 aromatic carbocycles. The van der Waals surface area contributed by atoms with E-state index in [4.69, 9.17) is 0 Å². The van der Waals surface area contributed by atoms with Crippen molar-refractivity contribution in [2.24, 2.45) is 5.14 Å². The topological polar surface area (TPSA) is 26.0 Å². The van der Waals surface area contributed by atoms with E-state index in [1.54, 1.807) is 0 Å². The summed E-state index contributed by atoms with van der Waals surface area (Å²) in [4.78, 5) is 0. The molecule has 1 nitrogen and oxygen atoms in total. The van der Waals surface area contributed by atoms with Crippen LogP contribution in [-0.4, -0.2) is 0 Å². The number of aryl methyl sites for hydroxylation is 1. The lowest BCUT2D eigenvalue weighted by molar-refractivity contribution is 0.590. The Morgan fingerprint density at radius 1 is 1.07 bits per heavy atom. The third kappa shape index (κ3) is 4.16. The smallest absolute Gasteiger partial charge is 0.0132 e. The first kappa shape index (κ1) is 13.5. The molecule has 1 rings (SSSR count). The zero-order chi connectivity index (χ0) is 11.2. The van der Waals surface area contributed by atoms with E-state index in [9.17, 15) is 0 Å². The van der Waals surface area contributed by atoms with Crippen molar-refractivity contribution in [3.63, 3.8) is 0 Å². The minimum atomic E-state index is 0.284. The van der Waals surface area contributed by atoms with E-state index in [2.05, 4.69) is 69.9 Å². The first-order valence-corrected chi connectivity index (χ1v) is 5.41. The molecule has 0 spiro atoms. The van der Waals surface area contributed by atoms with Crippen LogP contribution in [0, 0.1) is 0 Å². The van der Waals surface area contributed by atoms with Crippen LogP contribution in [0.3, 0.4) is 0 Å². The lowest BCUT2D eigenvalue weighted by Gasteiger charge is -2.18. The number of nitrogens with two attached hydrogens (primary N) is 1. The summed E-state index contributed by atoms with van der Waals surface area (Å²) < 4.78 is 0. The van der Waals surface area contributed by atoms with Crippen molar-refractivity contribution in [1.29, 1.82) is 0 Å². The summed E-state index contributed by atoms with van der Waals surface area (Å²) in [6, 6.07) is 8.92. The first-order chi connectivity index (χ1) is 6.54. The van der Waals surface area contributed by atoms with Gasteiger partial charge in [0.05, 0.1) is 0 Å². The van der Waals surface area contributed by atoms with E-state index in [1.165, 1.54) is 11.1 Å². The summed E-state index contributed by atoms with van der Waals surface area (Å²) in [6.07, 6.45) is 1.13. The molecule has 0 aliphatic carbocycles. The van der Waals surface area contributed by atoms with E-state index in [0.29, 0.717) is 0 Å². The molecule has 1 aromatic rings. The fourth-order valence-corrected chi connectivity index (χ4v) is 1.24. The van der Waals surface area contributed by atoms with Crippen molar-refractivity contribution in [3.05, 3.63) is 35.4 Å². The first-order valence-electron chi connectivity index (χ1n) is 4.89. The van der Waals surface area contributed by atoms with Gasteiger partial charge in [-0.15, -0.1) is 12.8 Å². The van der Waals surface area contributed by atoms with Gasteiger partial charge in [-0.2, -0.15) is 0 Å². The van der Waals surface area contributed by atoms with Gasteiger partial charge < -0.3 is 0 Å². The minimum Gasteiger partial charge on any atom is -0.281 e. The van der Waals surface area contributed by atoms with Crippen LogP contribution in [0.1, 0.15) is 38.8 Å². The number of thiol groups is 1. The molecule has 80 valence electrons. The van der Waals surface area contributed by atoms with Crippen molar-refractivity contribution < 1.29 is 0 Å². The third-order valence-electron chi connectivity index (χ3n) is 2.23. The molecule has 2 N–H and O–H groups in total. The standard InChI is InChI=1S/C12H18.H3NS/c1-5-10-6-8-11(9-7-10)12(2,3)4;1-2/h6-9H,5H2,1-4H3;2H,1H2. The molecule has 0 aromatic heterocycles. The quantitative estimate of drug-likeness (QED) is 0.685. The molecule has 2 heteroatoms. The fourth-order valence-electron chi connectivity index (χ4n) is 1.24. The summed E-state index contributed by atoms with van der Waals surface area (Å²) in [5, 5.41) is 4.19. The van der Waals surface area contributed by atoms with Crippen molar-refractivity contribution in [2.75, 3.05) is 0 Å². The van der Waals surface area contributed by atoms with Crippen molar-refractivity contribution in [1.82, 2.24) is 0 Å². The normalized spacial score (nSPS) is 10.4. The molecule has 0 heterocycles. The average molecular weight is 211 g/mol. The van der Waals surface area contributed by atoms with Crippen LogP contribution in [0.25, 0.3) is 0 Å². The summed E-state index contributed by atoms with van der Waals surface area (Å²) in [7, 11) is 0. The lowest BCUT2D eigenvalue weighted by atomic mass is 9.86. The second-order valence-corrected chi connectivity index (χ2v) is 4.30. The Balaban J connectivity index is 0.000000791. The summed E-state index contributed by atoms with van der Waals surface area (Å²) >= 11 is 3.03. The third-order valence-corrected chi connectivity index (χ3v) is 2.23. The Bertz CT molecular complexity index is 246. The Morgan fingerprint density at radius 2 is 1.50 bits per heavy atom. The molecule has 0 aliphatic rings. The van der Waals surface area contributed by atoms with Crippen LogP contribution in [0.5, 0.6) is 0 Å². The molecule has 0 bridgehead atoms. The molecule has 0 radical (unpaired) electrons. The molecule has 0 atom stereocenters. The van der Waals surface area contributed by atoms with E-state index >= 15 is 0 Å². The van der Waals surface area contributed by atoms with E-state index in [-0.39, 0.29) is 5.41 Å². The predicted molar refractivity (Wildman–Crippen MR) is 67.7 cm³/mol. The van der Waals surface area contributed by atoms with Gasteiger partial charge in [-0.3, -0.25) is 5.14 Å². The highest BCUT2D eigenvalue weighted by atomic mass is 32.1. The number of benzene rings is 1. The van der Waals surface area contributed by atoms with Crippen molar-refractivity contribution >= 4 is 12.8 Å². The maximum absolute atomic E-state index is 4.19. The van der Waals surface area contributed by atoms with Gasteiger partial charge in [0.1, 0.15) is 0 Å². The predicted octanol–water partition coefficient (Wildman–Crippen LogP) is 3.34. The highest BCUT2D eigenvalue weighted by molar-refractivity contribution is 7.77. The monoisotopic (exact) mass is 211 g/mol. The largest absolute Gasteiger partial charge is 0.281 e. The molecule has 0 amide bonds. The van der Waals surface area contributed by atoms with Gasteiger partial charge >= 0.3 is 0 Å². The van der Waals surface area contributed by atoms with E-state index in [1.807, 2.05) is 0 Å². The van der Waals surface area contributed by atoms with Gasteiger partial charge in [-0.1, -0.05) is 52.0 Å². The van der Waals surface area contributed by atoms with Gasteiger partial charge in [0.15, 0.2) is 0 Å². The molecular formula is C12H21NS. The van der Waals surface area contributed by atoms with Gasteiger partial charge in [-0.25, -0.2) is 0 Å². The zero-order valence-electron chi connectivity index (χ0n) is 9.54. The van der Waals surface area contributed by atoms with E-state index in [0.717, 1.165) is 6.42 Å². The maximum atomic E-state index is 4.19. The van der Waals surface area contributed by atoms with Gasteiger partial charge in [0.25, 0.3) is 0 Å². The number of hydrogen-bond acceptors (Lipinski definition) is 2. The second kappa shape index (κ2) is 6.10. The van der Waals surface area contributed by atoms with Gasteiger partial charge in [-0.05, 0) is 23.0 Å². The molecule has 0 fully saturated rings. The number of rotatable bonds is 1. The van der Waals surface area contributed by atoms with Crippen LogP contribution in [0.2, 0.25) is 0 Å². The molecule has 0 aliphatic heterocycles. The van der Waals surface area contributed by atoms with E-state index < -0.39 is 0 Å². The molecule has 14 heavy (non-hydrogen) atoms. The molecule has 0 saturated heterocycles. The Hall–Kier alpha value is -0.470. The SMILES string of the molecule is CCc1ccc(C(C)(C)C)cc1.NS. The summed E-state index contributed by atoms with van der Waals surface area (Å²) in [6.45, 7) is 8.92. The van der Waals surface area contributed by atoms with Gasteiger partial charge in [0.2, 0.25) is 0 Å². The molecule has 0 saturated carbocycles. The minimum absolute atomic E-state index is 0.284. The highest BCUT2D eigenvalue weighted by Gasteiger charge is 2.12. The Morgan fingerprint density at radius 3 is 1.79 bits per heavy atom. The maximum Gasteiger partial charge on any atom is -0.0132 e. The van der Waals surface area contributed by atoms with Crippen LogP contribution < -0.4 is 5.14 Å². The number of hydrogen-bond donors (Lipinski definition) is 2. The second-order valence-electron chi connectivity index (χ2n) is 4.30. The lowest BCUT2D eigenvalue weighted by Crippen LogP contribution is -2.10. The van der Waals surface area contributed by atoms with Crippen LogP contribution in [-0.2, 0) is 11.8 Å². The average Bonchev–Trinajstić information content (AvgIpc) is 2.20. The molecular weight excluding hydrogens is 190 g/mol. The van der Waals surface area contributed by atoms with Crippen LogP contribution >= 0.6 is 12.8 Å². The zero-order valence-corrected chi connectivity index (χ0v) is 10.4. The summed E-state index contributed by atoms with van der Waals surface area (Å²) in [5.41, 5.74) is 3.12. The van der Waals surface area contributed by atoms with Crippen LogP contribution in [0.4, 0.5) is 0 Å². The fraction of sp³-hybridized carbons (Fsp3) is 0.500. The Kier molecular flexibility index (Phi) is 5.89. The molecule has 0 unspecified atom stereocenters. The van der Waals surface area contributed by atoms with Crippen LogP contribution in [0.15, 0.2) is 24.3 Å².